The van der Waals surface area contributed by atoms with Gasteiger partial charge in [0.2, 0.25) is 0 Å². The van der Waals surface area contributed by atoms with Crippen LogP contribution in [0.3, 0.4) is 0 Å². The molecule has 118 valence electrons. The zero-order valence-electron chi connectivity index (χ0n) is 13.7. The summed E-state index contributed by atoms with van der Waals surface area (Å²) in [5.41, 5.74) is 1.91. The number of hydrogen-bond acceptors (Lipinski definition) is 3. The molecule has 2 aliphatic rings. The largest absolute Gasteiger partial charge is 0.382 e. The van der Waals surface area contributed by atoms with E-state index in [1.165, 1.54) is 0 Å². The van der Waals surface area contributed by atoms with Crippen molar-refractivity contribution < 1.29 is 9.59 Å². The molecule has 1 fully saturated rings. The lowest BCUT2D eigenvalue weighted by Gasteiger charge is -2.26. The molecular formula is C20H21NO2. The molecule has 0 bridgehead atoms. The minimum atomic E-state index is -0.422. The third-order valence-corrected chi connectivity index (χ3v) is 4.42. The molecule has 23 heavy (non-hydrogen) atoms. The topological polar surface area (TPSA) is 46.2 Å². The Hall–Kier alpha value is -2.42. The average molecular weight is 307 g/mol. The first-order valence-electron chi connectivity index (χ1n) is 7.85. The first kappa shape index (κ1) is 15.5. The molecule has 3 rings (SSSR count). The van der Waals surface area contributed by atoms with Gasteiger partial charge in [0.1, 0.15) is 0 Å². The predicted molar refractivity (Wildman–Crippen MR) is 91.6 cm³/mol. The van der Waals surface area contributed by atoms with Gasteiger partial charge in [0.15, 0.2) is 11.6 Å². The fourth-order valence-corrected chi connectivity index (χ4v) is 3.60. The van der Waals surface area contributed by atoms with Gasteiger partial charge in [-0.1, -0.05) is 42.5 Å². The Morgan fingerprint density at radius 2 is 1.70 bits per heavy atom. The maximum absolute atomic E-state index is 12.4. The molecule has 1 aliphatic heterocycles. The van der Waals surface area contributed by atoms with Gasteiger partial charge < -0.3 is 5.32 Å². The Labute approximate surface area is 136 Å². The quantitative estimate of drug-likeness (QED) is 0.851. The molecule has 3 nitrogen and oxygen atoms in total. The summed E-state index contributed by atoms with van der Waals surface area (Å²) in [5.74, 6) is 0.0123. The van der Waals surface area contributed by atoms with Crippen LogP contribution in [0.2, 0.25) is 0 Å². The first-order valence-corrected chi connectivity index (χ1v) is 7.85. The summed E-state index contributed by atoms with van der Waals surface area (Å²) in [5, 5.41) is 3.53. The molecule has 1 N–H and O–H groups in total. The Bertz CT molecular complexity index is 735. The van der Waals surface area contributed by atoms with Gasteiger partial charge in [0.05, 0.1) is 0 Å². The van der Waals surface area contributed by atoms with E-state index in [-0.39, 0.29) is 17.1 Å². The second-order valence-corrected chi connectivity index (χ2v) is 6.97. The van der Waals surface area contributed by atoms with Crippen LogP contribution in [0.5, 0.6) is 0 Å². The van der Waals surface area contributed by atoms with E-state index in [4.69, 9.17) is 0 Å². The lowest BCUT2D eigenvalue weighted by molar-refractivity contribution is -0.112. The van der Waals surface area contributed by atoms with Gasteiger partial charge >= 0.3 is 0 Å². The SMILES string of the molecule is CC(=O)C(=C1NC(C)(C)CC12C=CC(=O)C=C2)c1ccccc1. The lowest BCUT2D eigenvalue weighted by atomic mass is 9.75. The second-order valence-electron chi connectivity index (χ2n) is 6.97. The maximum Gasteiger partial charge on any atom is 0.178 e. The summed E-state index contributed by atoms with van der Waals surface area (Å²) in [6.45, 7) is 5.82. The average Bonchev–Trinajstić information content (AvgIpc) is 2.74. The van der Waals surface area contributed by atoms with Crippen molar-refractivity contribution in [2.24, 2.45) is 5.41 Å². The highest BCUT2D eigenvalue weighted by atomic mass is 16.1. The summed E-state index contributed by atoms with van der Waals surface area (Å²) in [7, 11) is 0. The normalized spacial score (nSPS) is 23.0. The standard InChI is InChI=1S/C20H21NO2/c1-14(22)17(15-7-5-4-6-8-15)18-20(13-19(2,3)21-18)11-9-16(23)10-12-20/h4-12,21H,13H2,1-3H3. The molecule has 1 saturated heterocycles. The van der Waals surface area contributed by atoms with Crippen LogP contribution >= 0.6 is 0 Å². The van der Waals surface area contributed by atoms with Crippen molar-refractivity contribution in [3.8, 4) is 0 Å². The molecule has 0 amide bonds. The van der Waals surface area contributed by atoms with Gasteiger partial charge in [0.25, 0.3) is 0 Å². The van der Waals surface area contributed by atoms with Crippen molar-refractivity contribution in [1.29, 1.82) is 0 Å². The highest BCUT2D eigenvalue weighted by molar-refractivity contribution is 6.21. The van der Waals surface area contributed by atoms with Crippen LogP contribution < -0.4 is 5.32 Å². The van der Waals surface area contributed by atoms with Crippen molar-refractivity contribution in [2.75, 3.05) is 0 Å². The third-order valence-electron chi connectivity index (χ3n) is 4.42. The Morgan fingerprint density at radius 1 is 1.09 bits per heavy atom. The van der Waals surface area contributed by atoms with Gasteiger partial charge in [-0.3, -0.25) is 9.59 Å². The van der Waals surface area contributed by atoms with Crippen LogP contribution in [-0.4, -0.2) is 17.1 Å². The number of ketones is 2. The van der Waals surface area contributed by atoms with E-state index in [1.54, 1.807) is 19.1 Å². The van der Waals surface area contributed by atoms with Crippen molar-refractivity contribution >= 4 is 17.1 Å². The second kappa shape index (κ2) is 5.34. The van der Waals surface area contributed by atoms with Gasteiger partial charge in [-0.05, 0) is 44.9 Å². The van der Waals surface area contributed by atoms with E-state index >= 15 is 0 Å². The summed E-state index contributed by atoms with van der Waals surface area (Å²) >= 11 is 0. The molecule has 1 aliphatic carbocycles. The molecule has 1 aromatic rings. The molecule has 1 spiro atoms. The fraction of sp³-hybridized carbons (Fsp3) is 0.300. The van der Waals surface area contributed by atoms with Crippen molar-refractivity contribution in [2.45, 2.75) is 32.7 Å². The molecule has 0 radical (unpaired) electrons. The minimum Gasteiger partial charge on any atom is -0.382 e. The van der Waals surface area contributed by atoms with E-state index in [0.717, 1.165) is 17.7 Å². The van der Waals surface area contributed by atoms with E-state index in [1.807, 2.05) is 42.5 Å². The van der Waals surface area contributed by atoms with Gasteiger partial charge in [-0.15, -0.1) is 0 Å². The number of hydrogen-bond donors (Lipinski definition) is 1. The highest BCUT2D eigenvalue weighted by Crippen LogP contribution is 2.48. The molecule has 1 heterocycles. The van der Waals surface area contributed by atoms with Crippen LogP contribution in [-0.2, 0) is 9.59 Å². The Morgan fingerprint density at radius 3 is 2.26 bits per heavy atom. The molecule has 0 atom stereocenters. The van der Waals surface area contributed by atoms with Crippen molar-refractivity contribution in [3.63, 3.8) is 0 Å². The van der Waals surface area contributed by atoms with Crippen LogP contribution in [0.25, 0.3) is 5.57 Å². The number of benzene rings is 1. The molecule has 3 heteroatoms. The highest BCUT2D eigenvalue weighted by Gasteiger charge is 2.46. The summed E-state index contributed by atoms with van der Waals surface area (Å²) < 4.78 is 0. The Balaban J connectivity index is 2.24. The molecule has 0 aromatic heterocycles. The van der Waals surface area contributed by atoms with Crippen LogP contribution in [0, 0.1) is 5.41 Å². The van der Waals surface area contributed by atoms with E-state index in [2.05, 4.69) is 19.2 Å². The van der Waals surface area contributed by atoms with Crippen LogP contribution in [0.15, 0.2) is 60.3 Å². The third kappa shape index (κ3) is 2.79. The van der Waals surface area contributed by atoms with Crippen molar-refractivity contribution in [1.82, 2.24) is 5.32 Å². The molecule has 1 aromatic carbocycles. The number of nitrogens with one attached hydrogen (secondary N) is 1. The fourth-order valence-electron chi connectivity index (χ4n) is 3.60. The van der Waals surface area contributed by atoms with Gasteiger partial charge in [0, 0.05) is 22.2 Å². The van der Waals surface area contributed by atoms with E-state index in [9.17, 15) is 9.59 Å². The lowest BCUT2D eigenvalue weighted by Crippen LogP contribution is -2.31. The summed E-state index contributed by atoms with van der Waals surface area (Å²) in [4.78, 5) is 24.0. The number of carbonyl (C=O) groups is 2. The molecular weight excluding hydrogens is 286 g/mol. The Kier molecular flexibility index (Phi) is 3.59. The number of Topliss-reactive ketones (excluding diaryl/α,β-unsaturated/α-hetero) is 1. The summed E-state index contributed by atoms with van der Waals surface area (Å²) in [6.07, 6.45) is 7.87. The number of rotatable bonds is 2. The zero-order chi connectivity index (χ0) is 16.7. The van der Waals surface area contributed by atoms with Gasteiger partial charge in [-0.2, -0.15) is 0 Å². The molecule has 0 unspecified atom stereocenters. The minimum absolute atomic E-state index is 0.0104. The first-order chi connectivity index (χ1) is 10.8. The number of allylic oxidation sites excluding steroid dienone is 4. The van der Waals surface area contributed by atoms with Crippen LogP contribution in [0.4, 0.5) is 0 Å². The van der Waals surface area contributed by atoms with Crippen molar-refractivity contribution in [3.05, 3.63) is 65.9 Å². The molecule has 0 saturated carbocycles. The predicted octanol–water partition coefficient (Wildman–Crippen LogP) is 3.44. The smallest absolute Gasteiger partial charge is 0.178 e. The summed E-state index contributed by atoms with van der Waals surface area (Å²) in [6, 6.07) is 9.70. The van der Waals surface area contributed by atoms with Crippen LogP contribution in [0.1, 0.15) is 32.8 Å². The van der Waals surface area contributed by atoms with Gasteiger partial charge in [-0.25, -0.2) is 0 Å². The number of carbonyl (C=O) groups excluding carboxylic acids is 2. The van der Waals surface area contributed by atoms with E-state index < -0.39 is 5.41 Å². The monoisotopic (exact) mass is 307 g/mol. The van der Waals surface area contributed by atoms with E-state index in [0.29, 0.717) is 5.57 Å². The zero-order valence-corrected chi connectivity index (χ0v) is 13.7. The maximum atomic E-state index is 12.4.